The molecule has 6 nitrogen and oxygen atoms in total. The van der Waals surface area contributed by atoms with E-state index in [9.17, 15) is 18.2 Å². The van der Waals surface area contributed by atoms with Crippen LogP contribution in [0.2, 0.25) is 0 Å². The van der Waals surface area contributed by atoms with Gasteiger partial charge in [0.25, 0.3) is 10.1 Å². The predicted octanol–water partition coefficient (Wildman–Crippen LogP) is 3.17. The minimum Gasteiger partial charge on any atom is -0.495 e. The Morgan fingerprint density at radius 3 is 2.48 bits per heavy atom. The molecule has 0 aromatic heterocycles. The van der Waals surface area contributed by atoms with Gasteiger partial charge in [0.15, 0.2) is 0 Å². The number of hydrogen-bond acceptors (Lipinski definition) is 5. The average molecular weight is 333 g/mol. The molecule has 0 atom stereocenters. The van der Waals surface area contributed by atoms with E-state index in [2.05, 4.69) is 0 Å². The lowest BCUT2D eigenvalue weighted by Gasteiger charge is -2.12. The summed E-state index contributed by atoms with van der Waals surface area (Å²) in [5.41, 5.74) is 0.877. The molecule has 0 aliphatic heterocycles. The highest BCUT2D eigenvalue weighted by molar-refractivity contribution is 7.85. The molecule has 2 rings (SSSR count). The van der Waals surface area contributed by atoms with Gasteiger partial charge in [-0.25, -0.2) is 0 Å². The van der Waals surface area contributed by atoms with Gasteiger partial charge in [-0.2, -0.15) is 13.7 Å². The number of nitriles is 1. The number of benzene rings is 2. The van der Waals surface area contributed by atoms with Crippen LogP contribution in [0.3, 0.4) is 0 Å². The zero-order valence-electron chi connectivity index (χ0n) is 12.6. The maximum atomic E-state index is 11.4. The Bertz CT molecular complexity index is 869. The number of hydrogen-bond donors (Lipinski definition) is 1. The molecule has 0 radical (unpaired) electrons. The molecule has 2 aromatic rings. The lowest BCUT2D eigenvalue weighted by Crippen LogP contribution is -2.00. The first kappa shape index (κ1) is 16.8. The first-order valence-electron chi connectivity index (χ1n) is 6.75. The molecule has 7 heteroatoms. The zero-order chi connectivity index (χ0) is 17.0. The van der Waals surface area contributed by atoms with Crippen LogP contribution in [0.5, 0.6) is 17.2 Å². The Morgan fingerprint density at radius 1 is 1.22 bits per heavy atom. The normalized spacial score (nSPS) is 10.9. The van der Waals surface area contributed by atoms with Crippen molar-refractivity contribution in [1.29, 1.82) is 5.26 Å². The Hall–Kier alpha value is -2.56. The molecule has 0 saturated heterocycles. The van der Waals surface area contributed by atoms with Crippen molar-refractivity contribution >= 4 is 10.1 Å². The summed E-state index contributed by atoms with van der Waals surface area (Å²) >= 11 is 0. The third kappa shape index (κ3) is 3.80. The Morgan fingerprint density at radius 2 is 1.91 bits per heavy atom. The van der Waals surface area contributed by atoms with Crippen LogP contribution in [0, 0.1) is 11.3 Å². The summed E-state index contributed by atoms with van der Waals surface area (Å²) < 4.78 is 42.7. The maximum Gasteiger partial charge on any atom is 0.294 e. The SMILES string of the molecule is CCc1cc(Oc2cccc(OC)c2C#N)cc(S(=O)(=O)O)c1. The van der Waals surface area contributed by atoms with Crippen molar-refractivity contribution in [2.75, 3.05) is 7.11 Å². The van der Waals surface area contributed by atoms with Crippen molar-refractivity contribution in [2.24, 2.45) is 0 Å². The molecule has 1 N–H and O–H groups in total. The van der Waals surface area contributed by atoms with E-state index in [0.29, 0.717) is 17.7 Å². The van der Waals surface area contributed by atoms with Crippen LogP contribution in [0.1, 0.15) is 18.1 Å². The Kier molecular flexibility index (Phi) is 4.89. The van der Waals surface area contributed by atoms with Crippen LogP contribution in [-0.4, -0.2) is 20.1 Å². The van der Waals surface area contributed by atoms with Crippen molar-refractivity contribution in [2.45, 2.75) is 18.2 Å². The first-order chi connectivity index (χ1) is 10.9. The summed E-state index contributed by atoms with van der Waals surface area (Å²) in [4.78, 5) is -0.256. The first-order valence-corrected chi connectivity index (χ1v) is 8.19. The van der Waals surface area contributed by atoms with Crippen LogP contribution in [-0.2, 0) is 16.5 Å². The molecule has 120 valence electrons. The van der Waals surface area contributed by atoms with Crippen LogP contribution < -0.4 is 9.47 Å². The van der Waals surface area contributed by atoms with E-state index < -0.39 is 10.1 Å². The molecule has 0 heterocycles. The highest BCUT2D eigenvalue weighted by atomic mass is 32.2. The zero-order valence-corrected chi connectivity index (χ0v) is 13.4. The van der Waals surface area contributed by atoms with Gasteiger partial charge in [-0.1, -0.05) is 13.0 Å². The second-order valence-corrected chi connectivity index (χ2v) is 6.11. The molecular formula is C16H15NO5S. The molecule has 0 bridgehead atoms. The van der Waals surface area contributed by atoms with E-state index >= 15 is 0 Å². The summed E-state index contributed by atoms with van der Waals surface area (Å²) in [7, 11) is -2.91. The highest BCUT2D eigenvalue weighted by Crippen LogP contribution is 2.32. The van der Waals surface area contributed by atoms with E-state index in [1.54, 1.807) is 24.3 Å². The third-order valence-electron chi connectivity index (χ3n) is 3.19. The van der Waals surface area contributed by atoms with Crippen molar-refractivity contribution in [3.8, 4) is 23.3 Å². The van der Waals surface area contributed by atoms with E-state index in [1.807, 2.05) is 13.0 Å². The predicted molar refractivity (Wildman–Crippen MR) is 83.4 cm³/mol. The van der Waals surface area contributed by atoms with Crippen LogP contribution >= 0.6 is 0 Å². The number of aryl methyl sites for hydroxylation is 1. The number of nitrogens with zero attached hydrogens (tertiary/aromatic N) is 1. The number of rotatable bonds is 5. The monoisotopic (exact) mass is 333 g/mol. The molecule has 0 spiro atoms. The van der Waals surface area contributed by atoms with Gasteiger partial charge in [-0.3, -0.25) is 4.55 Å². The van der Waals surface area contributed by atoms with Gasteiger partial charge >= 0.3 is 0 Å². The van der Waals surface area contributed by atoms with Crippen molar-refractivity contribution in [1.82, 2.24) is 0 Å². The summed E-state index contributed by atoms with van der Waals surface area (Å²) in [6, 6.07) is 11.1. The average Bonchev–Trinajstić information content (AvgIpc) is 2.53. The van der Waals surface area contributed by atoms with Gasteiger partial charge in [0.2, 0.25) is 0 Å². The Labute approximate surface area is 134 Å². The summed E-state index contributed by atoms with van der Waals surface area (Å²) in [5.74, 6) is 0.801. The fraction of sp³-hybridized carbons (Fsp3) is 0.188. The van der Waals surface area contributed by atoms with E-state index in [0.717, 1.165) is 0 Å². The minimum atomic E-state index is -4.35. The van der Waals surface area contributed by atoms with E-state index in [-0.39, 0.29) is 22.0 Å². The molecule has 0 saturated carbocycles. The molecular weight excluding hydrogens is 318 g/mol. The topological polar surface area (TPSA) is 96.6 Å². The molecule has 0 fully saturated rings. The molecule has 0 unspecified atom stereocenters. The number of methoxy groups -OCH3 is 1. The standard InChI is InChI=1S/C16H15NO5S/c1-3-11-7-12(9-13(8-11)23(18,19)20)22-16-6-4-5-15(21-2)14(16)10-17/h4-9H,3H2,1-2H3,(H,18,19,20). The Balaban J connectivity index is 2.51. The third-order valence-corrected chi connectivity index (χ3v) is 4.02. The summed E-state index contributed by atoms with van der Waals surface area (Å²) in [6.45, 7) is 1.85. The molecule has 0 aliphatic rings. The van der Waals surface area contributed by atoms with Gasteiger partial charge in [0.1, 0.15) is 28.9 Å². The molecule has 0 amide bonds. The smallest absolute Gasteiger partial charge is 0.294 e. The van der Waals surface area contributed by atoms with Gasteiger partial charge in [-0.15, -0.1) is 0 Å². The van der Waals surface area contributed by atoms with Crippen LogP contribution in [0.25, 0.3) is 0 Å². The second-order valence-electron chi connectivity index (χ2n) is 4.69. The lowest BCUT2D eigenvalue weighted by atomic mass is 10.1. The van der Waals surface area contributed by atoms with Gasteiger partial charge < -0.3 is 9.47 Å². The fourth-order valence-corrected chi connectivity index (χ4v) is 2.61. The van der Waals surface area contributed by atoms with Crippen molar-refractivity contribution in [3.05, 3.63) is 47.5 Å². The summed E-state index contributed by atoms with van der Waals surface area (Å²) in [5, 5.41) is 9.25. The van der Waals surface area contributed by atoms with Crippen molar-refractivity contribution < 1.29 is 22.4 Å². The van der Waals surface area contributed by atoms with Crippen LogP contribution in [0.4, 0.5) is 0 Å². The quantitative estimate of drug-likeness (QED) is 0.844. The maximum absolute atomic E-state index is 11.4. The van der Waals surface area contributed by atoms with Crippen molar-refractivity contribution in [3.63, 3.8) is 0 Å². The minimum absolute atomic E-state index is 0.199. The lowest BCUT2D eigenvalue weighted by molar-refractivity contribution is 0.407. The largest absolute Gasteiger partial charge is 0.495 e. The highest BCUT2D eigenvalue weighted by Gasteiger charge is 2.15. The molecule has 23 heavy (non-hydrogen) atoms. The van der Waals surface area contributed by atoms with Gasteiger partial charge in [0.05, 0.1) is 12.0 Å². The van der Waals surface area contributed by atoms with Gasteiger partial charge in [0, 0.05) is 6.07 Å². The second kappa shape index (κ2) is 6.69. The summed E-state index contributed by atoms with van der Waals surface area (Å²) in [6.07, 6.45) is 0.558. The van der Waals surface area contributed by atoms with Crippen LogP contribution in [0.15, 0.2) is 41.3 Å². The molecule has 0 aliphatic carbocycles. The molecule has 2 aromatic carbocycles. The van der Waals surface area contributed by atoms with Gasteiger partial charge in [-0.05, 0) is 36.2 Å². The fourth-order valence-electron chi connectivity index (χ4n) is 2.05. The van der Waals surface area contributed by atoms with E-state index in [1.165, 1.54) is 19.2 Å². The van der Waals surface area contributed by atoms with E-state index in [4.69, 9.17) is 9.47 Å². The number of ether oxygens (including phenoxy) is 2.